The summed E-state index contributed by atoms with van der Waals surface area (Å²) in [4.78, 5) is 12.1. The lowest BCUT2D eigenvalue weighted by atomic mass is 10.0. The van der Waals surface area contributed by atoms with Crippen molar-refractivity contribution in [1.82, 2.24) is 4.57 Å². The standard InChI is InChI=1S/C26H14Cl2F3N2O/c27-14-5-7-16(20(28)9-14)13-4-6-17-24(8-13)33(12-19-21(30)10-15(29)11-22(19)31)23-3-1-2-18(25(17)23)26(32)34/h1-5,7-11H,12H2,(H2,32,34). The summed E-state index contributed by atoms with van der Waals surface area (Å²) in [5.41, 5.74) is 7.94. The fourth-order valence-electron chi connectivity index (χ4n) is 4.19. The predicted octanol–water partition coefficient (Wildman–Crippen LogP) is 7.13. The van der Waals surface area contributed by atoms with E-state index < -0.39 is 23.4 Å². The molecule has 1 aromatic heterocycles. The smallest absolute Gasteiger partial charge is 0.249 e. The minimum Gasteiger partial charge on any atom is -0.366 e. The van der Waals surface area contributed by atoms with Crippen molar-refractivity contribution in [1.29, 1.82) is 0 Å². The third-order valence-corrected chi connectivity index (χ3v) is 6.27. The number of nitrogens with zero attached hydrogens (tertiary/aromatic N) is 1. The van der Waals surface area contributed by atoms with Crippen LogP contribution in [-0.2, 0) is 6.54 Å². The second-order valence-corrected chi connectivity index (χ2v) is 8.61. The number of aromatic nitrogens is 1. The molecular weight excluding hydrogens is 484 g/mol. The number of hydrogen-bond donors (Lipinski definition) is 1. The first-order valence-electron chi connectivity index (χ1n) is 10.1. The van der Waals surface area contributed by atoms with Crippen LogP contribution in [-0.4, -0.2) is 10.5 Å². The lowest BCUT2D eigenvalue weighted by molar-refractivity contribution is 0.100. The summed E-state index contributed by atoms with van der Waals surface area (Å²) in [6, 6.07) is 17.9. The van der Waals surface area contributed by atoms with Crippen molar-refractivity contribution >= 4 is 50.9 Å². The van der Waals surface area contributed by atoms with E-state index in [-0.39, 0.29) is 17.7 Å². The van der Waals surface area contributed by atoms with E-state index >= 15 is 0 Å². The Balaban J connectivity index is 1.83. The molecule has 5 rings (SSSR count). The Morgan fingerprint density at radius 1 is 0.971 bits per heavy atom. The van der Waals surface area contributed by atoms with Crippen LogP contribution in [0, 0.1) is 23.5 Å². The first-order chi connectivity index (χ1) is 16.2. The van der Waals surface area contributed by atoms with Gasteiger partial charge in [0, 0.05) is 49.6 Å². The minimum atomic E-state index is -1.01. The van der Waals surface area contributed by atoms with Gasteiger partial charge in [0.25, 0.3) is 0 Å². The first kappa shape index (κ1) is 22.3. The highest BCUT2D eigenvalue weighted by molar-refractivity contribution is 6.36. The van der Waals surface area contributed by atoms with Crippen LogP contribution in [0.1, 0.15) is 15.9 Å². The van der Waals surface area contributed by atoms with E-state index in [2.05, 4.69) is 6.07 Å². The largest absolute Gasteiger partial charge is 0.366 e. The number of benzene rings is 4. The van der Waals surface area contributed by atoms with Crippen LogP contribution in [0.5, 0.6) is 0 Å². The molecule has 2 N–H and O–H groups in total. The fourth-order valence-corrected chi connectivity index (χ4v) is 4.71. The van der Waals surface area contributed by atoms with Gasteiger partial charge in [-0.1, -0.05) is 35.3 Å². The fraction of sp³-hybridized carbons (Fsp3) is 0.0385. The van der Waals surface area contributed by atoms with Gasteiger partial charge >= 0.3 is 0 Å². The Morgan fingerprint density at radius 2 is 1.71 bits per heavy atom. The molecule has 169 valence electrons. The molecule has 0 atom stereocenters. The molecule has 8 heteroatoms. The molecule has 0 aliphatic rings. The van der Waals surface area contributed by atoms with Crippen molar-refractivity contribution in [3.8, 4) is 11.1 Å². The van der Waals surface area contributed by atoms with E-state index in [1.165, 1.54) is 0 Å². The molecule has 0 fully saturated rings. The number of nitrogens with two attached hydrogens (primary N) is 1. The van der Waals surface area contributed by atoms with Gasteiger partial charge in [-0.2, -0.15) is 0 Å². The Bertz CT molecular complexity index is 1610. The summed E-state index contributed by atoms with van der Waals surface area (Å²) in [6.07, 6.45) is 0. The Morgan fingerprint density at radius 3 is 2.38 bits per heavy atom. The maximum Gasteiger partial charge on any atom is 0.249 e. The van der Waals surface area contributed by atoms with Crippen LogP contribution >= 0.6 is 23.2 Å². The van der Waals surface area contributed by atoms with E-state index in [0.29, 0.717) is 55.1 Å². The molecule has 3 nitrogen and oxygen atoms in total. The van der Waals surface area contributed by atoms with Gasteiger partial charge in [0.2, 0.25) is 5.91 Å². The molecule has 0 aliphatic heterocycles. The topological polar surface area (TPSA) is 48.0 Å². The number of halogens is 5. The highest BCUT2D eigenvalue weighted by Crippen LogP contribution is 2.37. The molecule has 1 radical (unpaired) electrons. The van der Waals surface area contributed by atoms with Crippen molar-refractivity contribution in [3.05, 3.63) is 105 Å². The van der Waals surface area contributed by atoms with Gasteiger partial charge in [-0.05, 0) is 48.0 Å². The lowest BCUT2D eigenvalue weighted by Gasteiger charge is -2.11. The number of amides is 1. The second-order valence-electron chi connectivity index (χ2n) is 7.77. The summed E-state index contributed by atoms with van der Waals surface area (Å²) >= 11 is 12.4. The number of hydrogen-bond acceptors (Lipinski definition) is 1. The zero-order valence-corrected chi connectivity index (χ0v) is 18.8. The van der Waals surface area contributed by atoms with E-state index in [4.69, 9.17) is 28.9 Å². The van der Waals surface area contributed by atoms with Gasteiger partial charge in [-0.3, -0.25) is 4.79 Å². The Kier molecular flexibility index (Phi) is 5.50. The van der Waals surface area contributed by atoms with Crippen molar-refractivity contribution < 1.29 is 18.0 Å². The SMILES string of the molecule is NC(=O)c1cccc2c1c1[c]cc(-c3ccc(Cl)cc3Cl)cc1n2Cc1c(F)cc(F)cc1F. The van der Waals surface area contributed by atoms with E-state index in [0.717, 1.165) is 0 Å². The summed E-state index contributed by atoms with van der Waals surface area (Å²) < 4.78 is 44.2. The molecule has 5 aromatic rings. The molecule has 1 heterocycles. The van der Waals surface area contributed by atoms with Gasteiger partial charge in [-0.25, -0.2) is 13.2 Å². The summed E-state index contributed by atoms with van der Waals surface area (Å²) in [5, 5.41) is 1.93. The highest BCUT2D eigenvalue weighted by Gasteiger charge is 2.20. The Hall–Kier alpha value is -3.48. The molecule has 4 aromatic carbocycles. The zero-order chi connectivity index (χ0) is 24.1. The lowest BCUT2D eigenvalue weighted by Crippen LogP contribution is -2.11. The van der Waals surface area contributed by atoms with Gasteiger partial charge in [0.05, 0.1) is 17.6 Å². The van der Waals surface area contributed by atoms with Crippen molar-refractivity contribution in [2.75, 3.05) is 0 Å². The maximum absolute atomic E-state index is 14.5. The molecule has 34 heavy (non-hydrogen) atoms. The average molecular weight is 498 g/mol. The van der Waals surface area contributed by atoms with Gasteiger partial charge < -0.3 is 10.3 Å². The normalized spacial score (nSPS) is 11.4. The number of carbonyl (C=O) groups is 1. The maximum atomic E-state index is 14.5. The number of rotatable bonds is 4. The third-order valence-electron chi connectivity index (χ3n) is 5.72. The monoisotopic (exact) mass is 497 g/mol. The molecule has 0 unspecified atom stereocenters. The van der Waals surface area contributed by atoms with E-state index in [9.17, 15) is 18.0 Å². The number of carbonyl (C=O) groups excluding carboxylic acids is 1. The van der Waals surface area contributed by atoms with Gasteiger partial charge in [-0.15, -0.1) is 0 Å². The van der Waals surface area contributed by atoms with Crippen molar-refractivity contribution in [2.45, 2.75) is 6.54 Å². The van der Waals surface area contributed by atoms with Crippen molar-refractivity contribution in [2.24, 2.45) is 5.73 Å². The minimum absolute atomic E-state index is 0.245. The number of fused-ring (bicyclic) bond motifs is 3. The molecule has 0 saturated carbocycles. The van der Waals surface area contributed by atoms with Crippen LogP contribution in [0.4, 0.5) is 13.2 Å². The summed E-state index contributed by atoms with van der Waals surface area (Å²) in [7, 11) is 0. The van der Waals surface area contributed by atoms with Crippen molar-refractivity contribution in [3.63, 3.8) is 0 Å². The molecule has 0 spiro atoms. The Labute approximate surface area is 202 Å². The number of primary amides is 1. The van der Waals surface area contributed by atoms with Crippen LogP contribution in [0.3, 0.4) is 0 Å². The summed E-state index contributed by atoms with van der Waals surface area (Å²) in [6.45, 7) is -0.258. The molecule has 0 bridgehead atoms. The van der Waals surface area contributed by atoms with Crippen LogP contribution in [0.25, 0.3) is 32.9 Å². The average Bonchev–Trinajstić information content (AvgIpc) is 3.09. The van der Waals surface area contributed by atoms with Crippen LogP contribution in [0.2, 0.25) is 10.0 Å². The summed E-state index contributed by atoms with van der Waals surface area (Å²) in [5.74, 6) is -3.69. The van der Waals surface area contributed by atoms with Gasteiger partial charge in [0.15, 0.2) is 0 Å². The highest BCUT2D eigenvalue weighted by atomic mass is 35.5. The molecule has 0 aliphatic carbocycles. The first-order valence-corrected chi connectivity index (χ1v) is 10.9. The van der Waals surface area contributed by atoms with E-state index in [1.807, 2.05) is 0 Å². The molecule has 1 amide bonds. The van der Waals surface area contributed by atoms with Crippen LogP contribution in [0.15, 0.2) is 60.7 Å². The molecule has 0 saturated heterocycles. The quantitative estimate of drug-likeness (QED) is 0.282. The third kappa shape index (κ3) is 3.69. The zero-order valence-electron chi connectivity index (χ0n) is 17.3. The van der Waals surface area contributed by atoms with Gasteiger partial charge in [0.1, 0.15) is 17.5 Å². The van der Waals surface area contributed by atoms with E-state index in [1.54, 1.807) is 53.1 Å². The predicted molar refractivity (Wildman–Crippen MR) is 128 cm³/mol. The van der Waals surface area contributed by atoms with Crippen LogP contribution < -0.4 is 5.73 Å². The second kappa shape index (κ2) is 8.38. The molecular formula is C26H14Cl2F3N2O.